The molecule has 0 spiro atoms. The highest BCUT2D eigenvalue weighted by molar-refractivity contribution is 9.10. The predicted molar refractivity (Wildman–Crippen MR) is 176 cm³/mol. The highest BCUT2D eigenvalue weighted by Crippen LogP contribution is 2.22. The first-order valence-electron chi connectivity index (χ1n) is 14.6. The molecule has 5 nitrogen and oxygen atoms in total. The van der Waals surface area contributed by atoms with Crippen molar-refractivity contribution in [1.82, 2.24) is 9.21 Å². The summed E-state index contributed by atoms with van der Waals surface area (Å²) in [6, 6.07) is 20.1. The van der Waals surface area contributed by atoms with Crippen LogP contribution in [-0.4, -0.2) is 69.4 Å². The second kappa shape index (κ2) is 14.9. The molecule has 0 aliphatic carbocycles. The Balaban J connectivity index is 1.53. The van der Waals surface area contributed by atoms with Crippen LogP contribution in [0.5, 0.6) is 0 Å². The Hall–Kier alpha value is -2.03. The molecular weight excluding hydrogens is 594 g/mol. The van der Waals surface area contributed by atoms with E-state index in [1.807, 2.05) is 0 Å². The maximum absolute atomic E-state index is 13.6. The minimum Gasteiger partial charge on any atom is -0.325 e. The molecule has 0 atom stereocenters. The molecule has 0 fully saturated rings. The molecule has 0 amide bonds. The Morgan fingerprint density at radius 3 is 1.76 bits per heavy atom. The molecule has 7 heteroatoms. The Bertz CT molecular complexity index is 1350. The van der Waals surface area contributed by atoms with Crippen molar-refractivity contribution in [3.63, 3.8) is 0 Å². The number of sulfonamides is 1. The normalized spacial score (nSPS) is 12.4. The van der Waals surface area contributed by atoms with Crippen molar-refractivity contribution in [1.29, 1.82) is 0 Å². The van der Waals surface area contributed by atoms with Crippen LogP contribution in [0.1, 0.15) is 52.6 Å². The number of benzene rings is 3. The summed E-state index contributed by atoms with van der Waals surface area (Å²) in [5, 5.41) is 0. The maximum atomic E-state index is 13.6. The molecule has 41 heavy (non-hydrogen) atoms. The molecule has 0 aromatic heterocycles. The van der Waals surface area contributed by atoms with Gasteiger partial charge in [0.2, 0.25) is 10.0 Å². The van der Waals surface area contributed by atoms with Gasteiger partial charge in [-0.3, -0.25) is 0 Å². The quantitative estimate of drug-likeness (QED) is 0.129. The van der Waals surface area contributed by atoms with E-state index in [-0.39, 0.29) is 0 Å². The minimum absolute atomic E-state index is 0.337. The van der Waals surface area contributed by atoms with Gasteiger partial charge in [0.05, 0.1) is 25.5 Å². The first-order valence-corrected chi connectivity index (χ1v) is 16.9. The van der Waals surface area contributed by atoms with Crippen LogP contribution in [0.25, 0.3) is 0 Å². The summed E-state index contributed by atoms with van der Waals surface area (Å²) in [5.41, 5.74) is 7.40. The van der Waals surface area contributed by atoms with Gasteiger partial charge in [-0.15, -0.1) is 0 Å². The summed E-state index contributed by atoms with van der Waals surface area (Å²) >= 11 is 3.42. The molecule has 0 saturated carbocycles. The molecular formula is C34H49BrN3O2S+. The van der Waals surface area contributed by atoms with Crippen molar-refractivity contribution in [2.24, 2.45) is 0 Å². The van der Waals surface area contributed by atoms with Crippen LogP contribution in [0.2, 0.25) is 0 Å². The first-order chi connectivity index (χ1) is 19.2. The second-order valence-electron chi connectivity index (χ2n) is 12.5. The van der Waals surface area contributed by atoms with Crippen molar-refractivity contribution >= 4 is 26.0 Å². The predicted octanol–water partition coefficient (Wildman–Crippen LogP) is 7.25. The third-order valence-corrected chi connectivity index (χ3v) is 9.87. The SMILES string of the molecule is Cc1cc(C)cc(CN(CCCCN(C)CCC[N+](C)(C)Cc2cc(C)cc(C)c2)S(=O)(=O)c2ccc(Br)cc2)c1. The van der Waals surface area contributed by atoms with Gasteiger partial charge in [0.25, 0.3) is 0 Å². The fourth-order valence-corrected chi connectivity index (χ4v) is 7.42. The van der Waals surface area contributed by atoms with Crippen molar-refractivity contribution < 1.29 is 12.9 Å². The highest BCUT2D eigenvalue weighted by atomic mass is 79.9. The van der Waals surface area contributed by atoms with E-state index in [1.54, 1.807) is 28.6 Å². The van der Waals surface area contributed by atoms with Crippen LogP contribution in [0.15, 0.2) is 70.0 Å². The number of nitrogens with zero attached hydrogens (tertiary/aromatic N) is 3. The first kappa shape index (κ1) is 33.5. The molecule has 0 heterocycles. The number of halogens is 1. The van der Waals surface area contributed by atoms with Gasteiger partial charge < -0.3 is 9.38 Å². The average molecular weight is 644 g/mol. The topological polar surface area (TPSA) is 40.6 Å². The van der Waals surface area contributed by atoms with Crippen molar-refractivity contribution in [2.45, 2.75) is 64.9 Å². The summed E-state index contributed by atoms with van der Waals surface area (Å²) in [5.74, 6) is 0. The summed E-state index contributed by atoms with van der Waals surface area (Å²) < 4.78 is 30.8. The Labute approximate surface area is 258 Å². The van der Waals surface area contributed by atoms with Gasteiger partial charge in [-0.1, -0.05) is 74.6 Å². The van der Waals surface area contributed by atoms with Crippen molar-refractivity contribution in [2.75, 3.05) is 47.3 Å². The second-order valence-corrected chi connectivity index (χ2v) is 15.3. The highest BCUT2D eigenvalue weighted by Gasteiger charge is 2.24. The molecule has 0 N–H and O–H groups in total. The molecule has 224 valence electrons. The third-order valence-electron chi connectivity index (χ3n) is 7.48. The lowest BCUT2D eigenvalue weighted by Crippen LogP contribution is -2.40. The fraction of sp³-hybridized carbons (Fsp3) is 0.471. The van der Waals surface area contributed by atoms with E-state index in [0.717, 1.165) is 71.1 Å². The zero-order chi connectivity index (χ0) is 30.2. The van der Waals surface area contributed by atoms with Gasteiger partial charge in [-0.25, -0.2) is 8.42 Å². The third kappa shape index (κ3) is 11.0. The maximum Gasteiger partial charge on any atom is 0.243 e. The smallest absolute Gasteiger partial charge is 0.243 e. The van der Waals surface area contributed by atoms with Crippen molar-refractivity contribution in [3.8, 4) is 0 Å². The zero-order valence-electron chi connectivity index (χ0n) is 26.1. The molecule has 0 bridgehead atoms. The van der Waals surface area contributed by atoms with E-state index < -0.39 is 10.0 Å². The molecule has 0 saturated heterocycles. The molecule has 3 aromatic carbocycles. The van der Waals surface area contributed by atoms with Gasteiger partial charge in [-0.2, -0.15) is 4.31 Å². The monoisotopic (exact) mass is 642 g/mol. The lowest BCUT2D eigenvalue weighted by molar-refractivity contribution is -0.903. The van der Waals surface area contributed by atoms with Gasteiger partial charge in [0.15, 0.2) is 0 Å². The number of hydrogen-bond acceptors (Lipinski definition) is 3. The van der Waals surface area contributed by atoms with E-state index in [9.17, 15) is 8.42 Å². The standard InChI is InChI=1S/C34H49BrN3O2S/c1-27-19-28(2)22-31(21-27)25-37(41(39,40)34-13-11-33(35)12-14-34)17-9-8-15-36(5)16-10-18-38(6,7)26-32-23-29(3)20-30(4)24-32/h11-14,19-24H,8-10,15-18,25-26H2,1-7H3/q+1. The summed E-state index contributed by atoms with van der Waals surface area (Å²) in [6.07, 6.45) is 2.90. The Kier molecular flexibility index (Phi) is 12.2. The minimum atomic E-state index is -3.61. The summed E-state index contributed by atoms with van der Waals surface area (Å²) in [4.78, 5) is 2.72. The van der Waals surface area contributed by atoms with Crippen LogP contribution < -0.4 is 0 Å². The van der Waals surface area contributed by atoms with E-state index in [1.165, 1.54) is 16.7 Å². The number of aryl methyl sites for hydroxylation is 4. The van der Waals surface area contributed by atoms with Crippen LogP contribution >= 0.6 is 15.9 Å². The lowest BCUT2D eigenvalue weighted by atomic mass is 10.1. The Morgan fingerprint density at radius 1 is 0.707 bits per heavy atom. The summed E-state index contributed by atoms with van der Waals surface area (Å²) in [6.45, 7) is 13.5. The molecule has 0 radical (unpaired) electrons. The lowest BCUT2D eigenvalue weighted by Gasteiger charge is -2.31. The van der Waals surface area contributed by atoms with E-state index in [4.69, 9.17) is 0 Å². The largest absolute Gasteiger partial charge is 0.325 e. The van der Waals surface area contributed by atoms with Gasteiger partial charge in [0, 0.05) is 36.1 Å². The van der Waals surface area contributed by atoms with Crippen molar-refractivity contribution in [3.05, 3.63) is 98.5 Å². The molecule has 0 aliphatic rings. The zero-order valence-corrected chi connectivity index (χ0v) is 28.5. The average Bonchev–Trinajstić information content (AvgIpc) is 2.84. The van der Waals surface area contributed by atoms with Crippen LogP contribution in [0, 0.1) is 27.7 Å². The number of hydrogen-bond donors (Lipinski definition) is 0. The Morgan fingerprint density at radius 2 is 1.20 bits per heavy atom. The fourth-order valence-electron chi connectivity index (χ4n) is 5.69. The molecule has 0 aliphatic heterocycles. The van der Waals surface area contributed by atoms with Gasteiger partial charge in [-0.05, 0) is 84.0 Å². The van der Waals surface area contributed by atoms with E-state index in [2.05, 4.69) is 106 Å². The van der Waals surface area contributed by atoms with E-state index >= 15 is 0 Å². The molecule has 3 aromatic rings. The van der Waals surface area contributed by atoms with Gasteiger partial charge in [0.1, 0.15) is 6.54 Å². The number of quaternary nitrogens is 1. The number of unbranched alkanes of at least 4 members (excludes halogenated alkanes) is 1. The number of rotatable bonds is 15. The van der Waals surface area contributed by atoms with Crippen LogP contribution in [0.4, 0.5) is 0 Å². The van der Waals surface area contributed by atoms with Crippen LogP contribution in [0.3, 0.4) is 0 Å². The molecule has 0 unspecified atom stereocenters. The summed E-state index contributed by atoms with van der Waals surface area (Å²) in [7, 11) is 3.20. The molecule has 3 rings (SSSR count). The van der Waals surface area contributed by atoms with Gasteiger partial charge >= 0.3 is 0 Å². The van der Waals surface area contributed by atoms with Crippen LogP contribution in [-0.2, 0) is 23.1 Å². The van der Waals surface area contributed by atoms with E-state index in [0.29, 0.717) is 18.0 Å².